The minimum absolute atomic E-state index is 0.165. The highest BCUT2D eigenvalue weighted by atomic mass is 32.2. The van der Waals surface area contributed by atoms with Crippen LogP contribution in [0.4, 0.5) is 0 Å². The summed E-state index contributed by atoms with van der Waals surface area (Å²) >= 11 is 1.79. The number of rotatable bonds is 10. The fourth-order valence-electron chi connectivity index (χ4n) is 1.90. The van der Waals surface area contributed by atoms with E-state index in [2.05, 4.69) is 24.4 Å². The van der Waals surface area contributed by atoms with E-state index in [1.165, 1.54) is 4.90 Å². The molecule has 0 aliphatic heterocycles. The van der Waals surface area contributed by atoms with Crippen molar-refractivity contribution in [2.75, 3.05) is 13.1 Å². The van der Waals surface area contributed by atoms with E-state index in [-0.39, 0.29) is 5.91 Å². The van der Waals surface area contributed by atoms with Crippen molar-refractivity contribution in [3.63, 3.8) is 0 Å². The first kappa shape index (κ1) is 17.1. The van der Waals surface area contributed by atoms with Crippen molar-refractivity contribution >= 4 is 17.7 Å². The maximum absolute atomic E-state index is 11.7. The number of nitrogens with one attached hydrogen (secondary N) is 1. The summed E-state index contributed by atoms with van der Waals surface area (Å²) in [5.74, 6) is 0.165. The van der Waals surface area contributed by atoms with Crippen LogP contribution in [0.3, 0.4) is 0 Å². The zero-order chi connectivity index (χ0) is 14.6. The molecule has 0 aliphatic rings. The summed E-state index contributed by atoms with van der Waals surface area (Å²) in [7, 11) is 0. The van der Waals surface area contributed by atoms with Gasteiger partial charge in [0, 0.05) is 23.1 Å². The first-order chi connectivity index (χ1) is 9.72. The van der Waals surface area contributed by atoms with Gasteiger partial charge >= 0.3 is 0 Å². The number of nitrogens with two attached hydrogens (primary N) is 1. The summed E-state index contributed by atoms with van der Waals surface area (Å²) in [4.78, 5) is 12.9. The molecule has 0 bridgehead atoms. The number of benzene rings is 1. The van der Waals surface area contributed by atoms with Gasteiger partial charge in [-0.05, 0) is 31.5 Å². The van der Waals surface area contributed by atoms with Gasteiger partial charge in [0.2, 0.25) is 5.91 Å². The summed E-state index contributed by atoms with van der Waals surface area (Å²) in [5.41, 5.74) is 5.43. The molecule has 0 spiro atoms. The summed E-state index contributed by atoms with van der Waals surface area (Å²) < 4.78 is 0. The highest BCUT2D eigenvalue weighted by Crippen LogP contribution is 2.21. The monoisotopic (exact) mass is 294 g/mol. The molecular weight excluding hydrogens is 268 g/mol. The molecule has 1 aromatic carbocycles. The molecule has 4 heteroatoms. The normalized spacial score (nSPS) is 12.1. The van der Waals surface area contributed by atoms with Gasteiger partial charge in [-0.1, -0.05) is 38.0 Å². The lowest BCUT2D eigenvalue weighted by Gasteiger charge is -2.12. The maximum atomic E-state index is 11.7. The summed E-state index contributed by atoms with van der Waals surface area (Å²) in [5, 5.41) is 3.40. The lowest BCUT2D eigenvalue weighted by molar-refractivity contribution is -0.121. The van der Waals surface area contributed by atoms with Crippen molar-refractivity contribution in [2.45, 2.75) is 49.2 Å². The van der Waals surface area contributed by atoms with Crippen LogP contribution >= 0.6 is 11.8 Å². The SMILES string of the molecule is CC(CNC(=O)CCCCCCN)Sc1ccccc1. The van der Waals surface area contributed by atoms with Gasteiger partial charge in [-0.15, -0.1) is 11.8 Å². The van der Waals surface area contributed by atoms with Crippen LogP contribution in [-0.4, -0.2) is 24.2 Å². The van der Waals surface area contributed by atoms with Gasteiger partial charge < -0.3 is 11.1 Å². The maximum Gasteiger partial charge on any atom is 0.220 e. The summed E-state index contributed by atoms with van der Waals surface area (Å²) in [6, 6.07) is 10.3. The van der Waals surface area contributed by atoms with Crippen LogP contribution in [0.15, 0.2) is 35.2 Å². The Morgan fingerprint density at radius 3 is 2.60 bits per heavy atom. The van der Waals surface area contributed by atoms with Crippen molar-refractivity contribution in [1.29, 1.82) is 0 Å². The fraction of sp³-hybridized carbons (Fsp3) is 0.562. The Balaban J connectivity index is 2.08. The molecule has 0 saturated heterocycles. The standard InChI is InChI=1S/C16H26N2OS/c1-14(20-15-9-5-4-6-10-15)13-18-16(19)11-7-2-3-8-12-17/h4-6,9-10,14H,2-3,7-8,11-13,17H2,1H3,(H,18,19). The molecule has 1 amide bonds. The van der Waals surface area contributed by atoms with Gasteiger partial charge in [0.15, 0.2) is 0 Å². The minimum atomic E-state index is 0.165. The highest BCUT2D eigenvalue weighted by molar-refractivity contribution is 8.00. The number of carbonyl (C=O) groups excluding carboxylic acids is 1. The number of unbranched alkanes of at least 4 members (excludes halogenated alkanes) is 3. The first-order valence-corrected chi connectivity index (χ1v) is 8.29. The van der Waals surface area contributed by atoms with Gasteiger partial charge in [-0.2, -0.15) is 0 Å². The van der Waals surface area contributed by atoms with Crippen molar-refractivity contribution in [3.8, 4) is 0 Å². The average molecular weight is 294 g/mol. The highest BCUT2D eigenvalue weighted by Gasteiger charge is 2.06. The van der Waals surface area contributed by atoms with E-state index in [0.29, 0.717) is 11.7 Å². The van der Waals surface area contributed by atoms with Crippen LogP contribution in [0, 0.1) is 0 Å². The van der Waals surface area contributed by atoms with Crippen LogP contribution in [0.5, 0.6) is 0 Å². The van der Waals surface area contributed by atoms with E-state index in [1.54, 1.807) is 11.8 Å². The van der Waals surface area contributed by atoms with Crippen LogP contribution in [0.1, 0.15) is 39.0 Å². The average Bonchev–Trinajstić information content (AvgIpc) is 2.46. The molecule has 0 saturated carbocycles. The Kier molecular flexibility index (Phi) is 9.16. The zero-order valence-electron chi connectivity index (χ0n) is 12.3. The van der Waals surface area contributed by atoms with Gasteiger partial charge in [0.25, 0.3) is 0 Å². The Hall–Kier alpha value is -1.00. The van der Waals surface area contributed by atoms with Gasteiger partial charge in [-0.25, -0.2) is 0 Å². The Bertz CT molecular complexity index is 370. The third kappa shape index (κ3) is 8.23. The van der Waals surface area contributed by atoms with Gasteiger partial charge in [-0.3, -0.25) is 4.79 Å². The number of hydrogen-bond donors (Lipinski definition) is 2. The van der Waals surface area contributed by atoms with Gasteiger partial charge in [0.05, 0.1) is 0 Å². The van der Waals surface area contributed by atoms with Crippen LogP contribution in [-0.2, 0) is 4.79 Å². The lowest BCUT2D eigenvalue weighted by atomic mass is 10.1. The quantitative estimate of drug-likeness (QED) is 0.515. The number of carbonyl (C=O) groups is 1. The predicted octanol–water partition coefficient (Wildman–Crippen LogP) is 3.19. The van der Waals surface area contributed by atoms with E-state index in [9.17, 15) is 4.79 Å². The fourth-order valence-corrected chi connectivity index (χ4v) is 2.85. The van der Waals surface area contributed by atoms with E-state index < -0.39 is 0 Å². The second-order valence-corrected chi connectivity index (χ2v) is 6.51. The minimum Gasteiger partial charge on any atom is -0.355 e. The zero-order valence-corrected chi connectivity index (χ0v) is 13.1. The molecular formula is C16H26N2OS. The van der Waals surface area contributed by atoms with Gasteiger partial charge in [0.1, 0.15) is 0 Å². The van der Waals surface area contributed by atoms with Crippen molar-refractivity contribution < 1.29 is 4.79 Å². The Labute approximate surface area is 126 Å². The molecule has 0 aliphatic carbocycles. The van der Waals surface area contributed by atoms with Crippen LogP contribution in [0.25, 0.3) is 0 Å². The molecule has 20 heavy (non-hydrogen) atoms. The molecule has 0 radical (unpaired) electrons. The first-order valence-electron chi connectivity index (χ1n) is 7.41. The molecule has 3 nitrogen and oxygen atoms in total. The lowest BCUT2D eigenvalue weighted by Crippen LogP contribution is -2.29. The van der Waals surface area contributed by atoms with Crippen molar-refractivity contribution in [3.05, 3.63) is 30.3 Å². The van der Waals surface area contributed by atoms with Crippen LogP contribution < -0.4 is 11.1 Å². The molecule has 0 heterocycles. The second-order valence-electron chi connectivity index (χ2n) is 5.00. The number of hydrogen-bond acceptors (Lipinski definition) is 3. The van der Waals surface area contributed by atoms with Crippen molar-refractivity contribution in [1.82, 2.24) is 5.32 Å². The largest absolute Gasteiger partial charge is 0.355 e. The number of thioether (sulfide) groups is 1. The molecule has 112 valence electrons. The molecule has 1 rings (SSSR count). The molecule has 0 fully saturated rings. The Morgan fingerprint density at radius 2 is 1.90 bits per heavy atom. The molecule has 1 aromatic rings. The smallest absolute Gasteiger partial charge is 0.220 e. The molecule has 3 N–H and O–H groups in total. The van der Waals surface area contributed by atoms with Crippen LogP contribution in [0.2, 0.25) is 0 Å². The van der Waals surface area contributed by atoms with E-state index in [4.69, 9.17) is 5.73 Å². The van der Waals surface area contributed by atoms with Crippen molar-refractivity contribution in [2.24, 2.45) is 5.73 Å². The molecule has 1 unspecified atom stereocenters. The third-order valence-corrected chi connectivity index (χ3v) is 4.14. The number of amides is 1. The van der Waals surface area contributed by atoms with E-state index >= 15 is 0 Å². The van der Waals surface area contributed by atoms with E-state index in [0.717, 1.165) is 38.8 Å². The summed E-state index contributed by atoms with van der Waals surface area (Å²) in [6.07, 6.45) is 4.88. The molecule has 1 atom stereocenters. The third-order valence-electron chi connectivity index (χ3n) is 3.03. The second kappa shape index (κ2) is 10.7. The summed E-state index contributed by atoms with van der Waals surface area (Å²) in [6.45, 7) is 3.61. The predicted molar refractivity (Wildman–Crippen MR) is 86.9 cm³/mol. The molecule has 0 aromatic heterocycles. The Morgan fingerprint density at radius 1 is 1.20 bits per heavy atom. The van der Waals surface area contributed by atoms with E-state index in [1.807, 2.05) is 18.2 Å². The topological polar surface area (TPSA) is 55.1 Å².